The number of nitrogens with two attached hydrogens (primary N) is 1. The monoisotopic (exact) mass is 240 g/mol. The van der Waals surface area contributed by atoms with Gasteiger partial charge in [-0.2, -0.15) is 0 Å². The van der Waals surface area contributed by atoms with Crippen LogP contribution in [-0.4, -0.2) is 37.7 Å². The summed E-state index contributed by atoms with van der Waals surface area (Å²) in [7, 11) is 3.78. The van der Waals surface area contributed by atoms with E-state index in [-0.39, 0.29) is 5.54 Å². The highest BCUT2D eigenvalue weighted by molar-refractivity contribution is 5.06. The molecule has 0 saturated heterocycles. The summed E-state index contributed by atoms with van der Waals surface area (Å²) in [5, 5.41) is 0. The molecule has 1 rings (SSSR count). The minimum Gasteiger partial charge on any atom is -0.465 e. The molecule has 1 atom stereocenters. The van der Waals surface area contributed by atoms with E-state index in [1.807, 2.05) is 19.1 Å². The van der Waals surface area contributed by atoms with E-state index in [0.29, 0.717) is 6.54 Å². The summed E-state index contributed by atoms with van der Waals surface area (Å²) in [5.41, 5.74) is 5.82. The molecule has 17 heavy (non-hydrogen) atoms. The first kappa shape index (κ1) is 14.2. The zero-order valence-corrected chi connectivity index (χ0v) is 11.3. The predicted molar refractivity (Wildman–Crippen MR) is 68.9 cm³/mol. The van der Waals surface area contributed by atoms with Crippen molar-refractivity contribution in [3.63, 3.8) is 0 Å². The quantitative estimate of drug-likeness (QED) is 0.789. The number of hydrogen-bond donors (Lipinski definition) is 1. The Morgan fingerprint density at radius 1 is 1.47 bits per heavy atom. The molecule has 1 aromatic rings. The van der Waals surface area contributed by atoms with Gasteiger partial charge in [-0.05, 0) is 39.4 Å². The fraction of sp³-hybridized carbons (Fsp3) is 0.692. The number of furan rings is 1. The largest absolute Gasteiger partial charge is 0.465 e. The Morgan fingerprint density at radius 3 is 2.65 bits per heavy atom. The molecule has 0 aliphatic carbocycles. The van der Waals surface area contributed by atoms with E-state index in [2.05, 4.69) is 18.9 Å². The molecule has 2 N–H and O–H groups in total. The van der Waals surface area contributed by atoms with Gasteiger partial charge in [-0.3, -0.25) is 4.90 Å². The van der Waals surface area contributed by atoms with Gasteiger partial charge in [0.2, 0.25) is 0 Å². The Morgan fingerprint density at radius 2 is 2.18 bits per heavy atom. The van der Waals surface area contributed by atoms with Crippen molar-refractivity contribution in [2.75, 3.05) is 27.3 Å². The second-order valence-corrected chi connectivity index (χ2v) is 4.81. The summed E-state index contributed by atoms with van der Waals surface area (Å²) in [6.45, 7) is 6.20. The fourth-order valence-corrected chi connectivity index (χ4v) is 1.77. The van der Waals surface area contributed by atoms with Gasteiger partial charge in [0.1, 0.15) is 11.5 Å². The maximum Gasteiger partial charge on any atom is 0.118 e. The molecule has 1 aromatic heterocycles. The van der Waals surface area contributed by atoms with Crippen LogP contribution >= 0.6 is 0 Å². The van der Waals surface area contributed by atoms with Crippen molar-refractivity contribution in [1.29, 1.82) is 0 Å². The lowest BCUT2D eigenvalue weighted by Gasteiger charge is -2.37. The lowest BCUT2D eigenvalue weighted by molar-refractivity contribution is 0.0786. The van der Waals surface area contributed by atoms with Gasteiger partial charge in [0, 0.05) is 25.8 Å². The Kier molecular flexibility index (Phi) is 5.18. The number of ether oxygens (including phenoxy) is 1. The zero-order valence-electron chi connectivity index (χ0n) is 11.3. The number of rotatable bonds is 7. The molecular formula is C13H24N2O2. The molecule has 4 nitrogen and oxygen atoms in total. The molecular weight excluding hydrogens is 216 g/mol. The number of methoxy groups -OCH3 is 1. The maximum atomic E-state index is 5.88. The molecule has 1 heterocycles. The summed E-state index contributed by atoms with van der Waals surface area (Å²) in [6.07, 6.45) is 0.913. The SMILES string of the molecule is COCCC(C)(CN)N(C)Cc1ccc(C)o1. The summed E-state index contributed by atoms with van der Waals surface area (Å²) in [4.78, 5) is 2.23. The molecule has 0 aliphatic heterocycles. The van der Waals surface area contributed by atoms with Gasteiger partial charge < -0.3 is 14.9 Å². The normalized spacial score (nSPS) is 15.2. The van der Waals surface area contributed by atoms with E-state index in [4.69, 9.17) is 14.9 Å². The van der Waals surface area contributed by atoms with Crippen LogP contribution in [0.15, 0.2) is 16.5 Å². The molecule has 0 amide bonds. The number of hydrogen-bond acceptors (Lipinski definition) is 4. The Balaban J connectivity index is 2.62. The van der Waals surface area contributed by atoms with E-state index in [1.165, 1.54) is 0 Å². The number of likely N-dealkylation sites (N-methyl/N-ethyl adjacent to an activating group) is 1. The van der Waals surface area contributed by atoms with Gasteiger partial charge in [-0.1, -0.05) is 0 Å². The Labute approximate surface area is 104 Å². The molecule has 0 bridgehead atoms. The maximum absolute atomic E-state index is 5.88. The van der Waals surface area contributed by atoms with Crippen LogP contribution in [0.3, 0.4) is 0 Å². The van der Waals surface area contributed by atoms with Crippen LogP contribution in [0.2, 0.25) is 0 Å². The zero-order chi connectivity index (χ0) is 12.9. The highest BCUT2D eigenvalue weighted by Gasteiger charge is 2.27. The van der Waals surface area contributed by atoms with Crippen LogP contribution in [0.1, 0.15) is 24.9 Å². The third-order valence-corrected chi connectivity index (χ3v) is 3.40. The molecule has 0 saturated carbocycles. The van der Waals surface area contributed by atoms with Crippen molar-refractivity contribution in [3.8, 4) is 0 Å². The summed E-state index contributed by atoms with van der Waals surface area (Å²) in [6, 6.07) is 4.00. The number of aryl methyl sites for hydroxylation is 1. The molecule has 0 radical (unpaired) electrons. The fourth-order valence-electron chi connectivity index (χ4n) is 1.77. The van der Waals surface area contributed by atoms with Gasteiger partial charge in [-0.25, -0.2) is 0 Å². The highest BCUT2D eigenvalue weighted by atomic mass is 16.5. The molecule has 0 fully saturated rings. The second-order valence-electron chi connectivity index (χ2n) is 4.81. The van der Waals surface area contributed by atoms with Gasteiger partial charge in [-0.15, -0.1) is 0 Å². The van der Waals surface area contributed by atoms with Crippen LogP contribution in [-0.2, 0) is 11.3 Å². The van der Waals surface area contributed by atoms with Gasteiger partial charge in [0.25, 0.3) is 0 Å². The van der Waals surface area contributed by atoms with E-state index in [1.54, 1.807) is 7.11 Å². The summed E-state index contributed by atoms with van der Waals surface area (Å²) >= 11 is 0. The topological polar surface area (TPSA) is 51.6 Å². The summed E-state index contributed by atoms with van der Waals surface area (Å²) in [5.74, 6) is 1.92. The second kappa shape index (κ2) is 6.19. The van der Waals surface area contributed by atoms with Gasteiger partial charge in [0.05, 0.1) is 6.54 Å². The lowest BCUT2D eigenvalue weighted by Crippen LogP contribution is -2.49. The smallest absolute Gasteiger partial charge is 0.118 e. The average Bonchev–Trinajstić information content (AvgIpc) is 2.71. The summed E-state index contributed by atoms with van der Waals surface area (Å²) < 4.78 is 10.7. The molecule has 0 aliphatic rings. The van der Waals surface area contributed by atoms with Crippen LogP contribution in [0, 0.1) is 6.92 Å². The Bertz CT molecular complexity index is 338. The van der Waals surface area contributed by atoms with Gasteiger partial charge in [0.15, 0.2) is 0 Å². The molecule has 0 aromatic carbocycles. The molecule has 4 heteroatoms. The molecule has 98 valence electrons. The predicted octanol–water partition coefficient (Wildman–Crippen LogP) is 1.77. The van der Waals surface area contributed by atoms with Crippen LogP contribution in [0.4, 0.5) is 0 Å². The Hall–Kier alpha value is -0.840. The lowest BCUT2D eigenvalue weighted by atomic mass is 9.96. The van der Waals surface area contributed by atoms with E-state index in [9.17, 15) is 0 Å². The van der Waals surface area contributed by atoms with Crippen molar-refractivity contribution in [3.05, 3.63) is 23.7 Å². The van der Waals surface area contributed by atoms with Crippen LogP contribution < -0.4 is 5.73 Å². The minimum atomic E-state index is -0.0588. The van der Waals surface area contributed by atoms with Crippen molar-refractivity contribution in [2.24, 2.45) is 5.73 Å². The van der Waals surface area contributed by atoms with E-state index >= 15 is 0 Å². The molecule has 1 unspecified atom stereocenters. The van der Waals surface area contributed by atoms with E-state index < -0.39 is 0 Å². The van der Waals surface area contributed by atoms with Crippen molar-refractivity contribution >= 4 is 0 Å². The van der Waals surface area contributed by atoms with Crippen molar-refractivity contribution < 1.29 is 9.15 Å². The van der Waals surface area contributed by atoms with E-state index in [0.717, 1.165) is 31.1 Å². The first-order chi connectivity index (χ1) is 8.01. The highest BCUT2D eigenvalue weighted by Crippen LogP contribution is 2.20. The van der Waals surface area contributed by atoms with Gasteiger partial charge >= 0.3 is 0 Å². The molecule has 0 spiro atoms. The van der Waals surface area contributed by atoms with Crippen molar-refractivity contribution in [2.45, 2.75) is 32.4 Å². The first-order valence-corrected chi connectivity index (χ1v) is 5.97. The minimum absolute atomic E-state index is 0.0588. The van der Waals surface area contributed by atoms with Crippen molar-refractivity contribution in [1.82, 2.24) is 4.90 Å². The van der Waals surface area contributed by atoms with Crippen LogP contribution in [0.25, 0.3) is 0 Å². The number of nitrogens with zero attached hydrogens (tertiary/aromatic N) is 1. The standard InChI is InChI=1S/C13H24N2O2/c1-11-5-6-12(17-11)9-15(3)13(2,10-14)7-8-16-4/h5-6H,7-10,14H2,1-4H3. The third kappa shape index (κ3) is 3.84. The van der Waals surface area contributed by atoms with Crippen LogP contribution in [0.5, 0.6) is 0 Å². The third-order valence-electron chi connectivity index (χ3n) is 3.40. The first-order valence-electron chi connectivity index (χ1n) is 5.97. The average molecular weight is 240 g/mol.